The van der Waals surface area contributed by atoms with Gasteiger partial charge in [-0.3, -0.25) is 14.8 Å². The van der Waals surface area contributed by atoms with Gasteiger partial charge in [0.15, 0.2) is 0 Å². The summed E-state index contributed by atoms with van der Waals surface area (Å²) in [4.78, 5) is 22.1. The second-order valence-electron chi connectivity index (χ2n) is 4.18. The van der Waals surface area contributed by atoms with E-state index in [1.807, 2.05) is 0 Å². The van der Waals surface area contributed by atoms with Crippen molar-refractivity contribution in [2.45, 2.75) is 13.5 Å². The fourth-order valence-electron chi connectivity index (χ4n) is 1.79. The number of halogens is 1. The molecule has 7 nitrogen and oxygen atoms in total. The molecular formula is C13H12BrN3O4. The molecule has 110 valence electrons. The maximum absolute atomic E-state index is 11.5. The molecule has 0 radical (unpaired) electrons. The Kier molecular flexibility index (Phi) is 4.69. The number of carbonyl (C=O) groups excluding carboxylic acids is 1. The quantitative estimate of drug-likeness (QED) is 0.468. The highest BCUT2D eigenvalue weighted by Gasteiger charge is 2.16. The molecule has 8 heteroatoms. The van der Waals surface area contributed by atoms with Gasteiger partial charge in [0.1, 0.15) is 0 Å². The summed E-state index contributed by atoms with van der Waals surface area (Å²) in [5.41, 5.74) is 0.816. The van der Waals surface area contributed by atoms with Crippen molar-refractivity contribution in [3.05, 3.63) is 56.3 Å². The van der Waals surface area contributed by atoms with E-state index < -0.39 is 10.9 Å². The van der Waals surface area contributed by atoms with E-state index in [1.54, 1.807) is 19.1 Å². The Morgan fingerprint density at radius 3 is 2.95 bits per heavy atom. The van der Waals surface area contributed by atoms with Crippen molar-refractivity contribution in [3.8, 4) is 0 Å². The van der Waals surface area contributed by atoms with Crippen LogP contribution in [0, 0.1) is 10.1 Å². The van der Waals surface area contributed by atoms with Crippen LogP contribution in [0.2, 0.25) is 0 Å². The molecule has 1 aromatic heterocycles. The first-order valence-corrected chi connectivity index (χ1v) is 6.93. The monoisotopic (exact) mass is 353 g/mol. The lowest BCUT2D eigenvalue weighted by Crippen LogP contribution is -2.05. The third-order valence-electron chi connectivity index (χ3n) is 2.72. The van der Waals surface area contributed by atoms with Gasteiger partial charge >= 0.3 is 5.97 Å². The largest absolute Gasteiger partial charge is 0.462 e. The predicted molar refractivity (Wildman–Crippen MR) is 78.1 cm³/mol. The maximum atomic E-state index is 11.5. The highest BCUT2D eigenvalue weighted by molar-refractivity contribution is 9.10. The molecule has 1 aromatic carbocycles. The summed E-state index contributed by atoms with van der Waals surface area (Å²) in [6.45, 7) is 2.19. The van der Waals surface area contributed by atoms with Crippen LogP contribution in [0.25, 0.3) is 0 Å². The number of aromatic nitrogens is 2. The minimum Gasteiger partial charge on any atom is -0.462 e. The van der Waals surface area contributed by atoms with Crippen LogP contribution in [0.3, 0.4) is 0 Å². The third-order valence-corrected chi connectivity index (χ3v) is 3.21. The Bertz CT molecular complexity index is 684. The van der Waals surface area contributed by atoms with Crippen molar-refractivity contribution in [3.63, 3.8) is 0 Å². The van der Waals surface area contributed by atoms with Gasteiger partial charge in [0.2, 0.25) is 0 Å². The van der Waals surface area contributed by atoms with Gasteiger partial charge in [-0.25, -0.2) is 4.79 Å². The molecule has 1 heterocycles. The topological polar surface area (TPSA) is 87.3 Å². The van der Waals surface area contributed by atoms with Crippen LogP contribution in [-0.2, 0) is 11.3 Å². The van der Waals surface area contributed by atoms with Crippen molar-refractivity contribution in [1.82, 2.24) is 9.78 Å². The predicted octanol–water partition coefficient (Wildman–Crippen LogP) is 2.78. The van der Waals surface area contributed by atoms with E-state index in [1.165, 1.54) is 23.1 Å². The molecule has 0 saturated carbocycles. The van der Waals surface area contributed by atoms with E-state index in [0.29, 0.717) is 15.6 Å². The van der Waals surface area contributed by atoms with Gasteiger partial charge in [-0.15, -0.1) is 0 Å². The molecule has 2 aromatic rings. The molecular weight excluding hydrogens is 342 g/mol. The van der Waals surface area contributed by atoms with Crippen LogP contribution in [0.1, 0.15) is 22.8 Å². The molecule has 0 atom stereocenters. The summed E-state index contributed by atoms with van der Waals surface area (Å²) in [7, 11) is 0. The first-order valence-electron chi connectivity index (χ1n) is 6.13. The summed E-state index contributed by atoms with van der Waals surface area (Å²) in [6.07, 6.45) is 2.88. The standard InChI is InChI=1S/C13H12BrN3O4/c1-2-21-13(18)10-6-15-16(8-10)7-9-3-4-11(14)5-12(9)17(19)20/h3-6,8H,2,7H2,1H3. The number of nitro benzene ring substituents is 1. The molecule has 0 aliphatic rings. The first kappa shape index (κ1) is 15.2. The van der Waals surface area contributed by atoms with Crippen LogP contribution in [-0.4, -0.2) is 27.3 Å². The smallest absolute Gasteiger partial charge is 0.341 e. The van der Waals surface area contributed by atoms with Crippen molar-refractivity contribution >= 4 is 27.6 Å². The SMILES string of the molecule is CCOC(=O)c1cnn(Cc2ccc(Br)cc2[N+](=O)[O-])c1. The van der Waals surface area contributed by atoms with E-state index in [0.717, 1.165) is 0 Å². The third kappa shape index (κ3) is 3.66. The second-order valence-corrected chi connectivity index (χ2v) is 5.09. The Labute approximate surface area is 128 Å². The minimum atomic E-state index is -0.464. The number of hydrogen-bond donors (Lipinski definition) is 0. The molecule has 0 amide bonds. The number of esters is 1. The fourth-order valence-corrected chi connectivity index (χ4v) is 2.13. The number of carbonyl (C=O) groups is 1. The molecule has 0 spiro atoms. The Morgan fingerprint density at radius 1 is 1.52 bits per heavy atom. The Balaban J connectivity index is 2.23. The van der Waals surface area contributed by atoms with Gasteiger partial charge < -0.3 is 4.74 Å². The number of hydrogen-bond acceptors (Lipinski definition) is 5. The van der Waals surface area contributed by atoms with Crippen LogP contribution >= 0.6 is 15.9 Å². The average molecular weight is 354 g/mol. The van der Waals surface area contributed by atoms with Crippen LogP contribution in [0.5, 0.6) is 0 Å². The summed E-state index contributed by atoms with van der Waals surface area (Å²) in [6, 6.07) is 4.80. The molecule has 0 bridgehead atoms. The first-order chi connectivity index (χ1) is 10.0. The van der Waals surface area contributed by atoms with Gasteiger partial charge in [-0.2, -0.15) is 5.10 Å². The maximum Gasteiger partial charge on any atom is 0.341 e. The molecule has 0 fully saturated rings. The molecule has 2 rings (SSSR count). The number of nitrogens with zero attached hydrogens (tertiary/aromatic N) is 3. The second kappa shape index (κ2) is 6.49. The normalized spacial score (nSPS) is 10.4. The number of benzene rings is 1. The molecule has 21 heavy (non-hydrogen) atoms. The highest BCUT2D eigenvalue weighted by atomic mass is 79.9. The van der Waals surface area contributed by atoms with Crippen molar-refractivity contribution in [2.75, 3.05) is 6.61 Å². The Morgan fingerprint density at radius 2 is 2.29 bits per heavy atom. The zero-order chi connectivity index (χ0) is 15.4. The summed E-state index contributed by atoms with van der Waals surface area (Å²) < 4.78 is 6.95. The van der Waals surface area contributed by atoms with Crippen molar-refractivity contribution < 1.29 is 14.5 Å². The molecule has 0 aliphatic heterocycles. The van der Waals surface area contributed by atoms with E-state index in [9.17, 15) is 14.9 Å². The van der Waals surface area contributed by atoms with Crippen molar-refractivity contribution in [1.29, 1.82) is 0 Å². The number of rotatable bonds is 5. The molecule has 0 saturated heterocycles. The number of nitro groups is 1. The van der Waals surface area contributed by atoms with Crippen molar-refractivity contribution in [2.24, 2.45) is 0 Å². The Hall–Kier alpha value is -2.22. The summed E-state index contributed by atoms with van der Waals surface area (Å²) >= 11 is 3.20. The van der Waals surface area contributed by atoms with E-state index in [4.69, 9.17) is 4.74 Å². The van der Waals surface area contributed by atoms with Crippen LogP contribution < -0.4 is 0 Å². The van der Waals surface area contributed by atoms with E-state index in [-0.39, 0.29) is 18.8 Å². The molecule has 0 N–H and O–H groups in total. The average Bonchev–Trinajstić information content (AvgIpc) is 2.89. The van der Waals surface area contributed by atoms with Gasteiger partial charge in [-0.1, -0.05) is 15.9 Å². The lowest BCUT2D eigenvalue weighted by Gasteiger charge is -2.04. The van der Waals surface area contributed by atoms with Gasteiger partial charge in [0.25, 0.3) is 5.69 Å². The van der Waals surface area contributed by atoms with Gasteiger partial charge in [0, 0.05) is 16.7 Å². The van der Waals surface area contributed by atoms with Gasteiger partial charge in [-0.05, 0) is 19.1 Å². The van der Waals surface area contributed by atoms with Crippen LogP contribution in [0.15, 0.2) is 35.1 Å². The highest BCUT2D eigenvalue weighted by Crippen LogP contribution is 2.24. The van der Waals surface area contributed by atoms with Gasteiger partial charge in [0.05, 0.1) is 35.4 Å². The van der Waals surface area contributed by atoms with Crippen LogP contribution in [0.4, 0.5) is 5.69 Å². The van der Waals surface area contributed by atoms with E-state index >= 15 is 0 Å². The zero-order valence-corrected chi connectivity index (χ0v) is 12.7. The number of ether oxygens (including phenoxy) is 1. The summed E-state index contributed by atoms with van der Waals surface area (Å²) in [5.74, 6) is -0.464. The molecule has 0 unspecified atom stereocenters. The summed E-state index contributed by atoms with van der Waals surface area (Å²) in [5, 5.41) is 15.1. The molecule has 0 aliphatic carbocycles. The fraction of sp³-hybridized carbons (Fsp3) is 0.231. The lowest BCUT2D eigenvalue weighted by atomic mass is 10.2. The lowest BCUT2D eigenvalue weighted by molar-refractivity contribution is -0.385. The van der Waals surface area contributed by atoms with E-state index in [2.05, 4.69) is 21.0 Å². The minimum absolute atomic E-state index is 0.00226. The zero-order valence-electron chi connectivity index (χ0n) is 11.2.